The van der Waals surface area contributed by atoms with Gasteiger partial charge in [0.25, 0.3) is 5.91 Å². The molecule has 0 aliphatic carbocycles. The van der Waals surface area contributed by atoms with Crippen LogP contribution in [0.3, 0.4) is 0 Å². The van der Waals surface area contributed by atoms with Gasteiger partial charge in [-0.1, -0.05) is 23.1 Å². The van der Waals surface area contributed by atoms with Crippen LogP contribution in [0.5, 0.6) is 0 Å². The number of hydrogen-bond donors (Lipinski definition) is 1. The standard InChI is InChI=1S/C17H21N5O4S3/c1-3-26-17(25)22-6-4-21(5-7-22)13(23)10-28-16-20-19-15(29-16)18-14(24)12-8-11(2)9-27-12/h8-9H,3-7,10H2,1-2H3,(H,18,19,24). The van der Waals surface area contributed by atoms with E-state index in [-0.39, 0.29) is 23.7 Å². The summed E-state index contributed by atoms with van der Waals surface area (Å²) in [5, 5.41) is 13.0. The van der Waals surface area contributed by atoms with E-state index in [1.165, 1.54) is 34.4 Å². The van der Waals surface area contributed by atoms with Gasteiger partial charge in [0, 0.05) is 26.2 Å². The molecule has 1 N–H and O–H groups in total. The molecule has 0 radical (unpaired) electrons. The molecule has 29 heavy (non-hydrogen) atoms. The third-order valence-corrected chi connectivity index (χ3v) is 7.06. The highest BCUT2D eigenvalue weighted by Crippen LogP contribution is 2.26. The summed E-state index contributed by atoms with van der Waals surface area (Å²) in [5.74, 6) is -0.00811. The Morgan fingerprint density at radius 1 is 1.21 bits per heavy atom. The van der Waals surface area contributed by atoms with Gasteiger partial charge in [0.1, 0.15) is 0 Å². The highest BCUT2D eigenvalue weighted by molar-refractivity contribution is 8.01. The van der Waals surface area contributed by atoms with Gasteiger partial charge in [-0.05, 0) is 30.9 Å². The second-order valence-corrected chi connectivity index (χ2v) is 9.28. The molecule has 3 amide bonds. The number of nitrogens with one attached hydrogen (secondary N) is 1. The van der Waals surface area contributed by atoms with E-state index in [1.54, 1.807) is 16.7 Å². The van der Waals surface area contributed by atoms with E-state index in [0.717, 1.165) is 5.56 Å². The molecule has 1 saturated heterocycles. The van der Waals surface area contributed by atoms with Crippen molar-refractivity contribution in [2.45, 2.75) is 18.2 Å². The normalized spacial score (nSPS) is 14.0. The van der Waals surface area contributed by atoms with Crippen LogP contribution in [0.1, 0.15) is 22.2 Å². The minimum absolute atomic E-state index is 0.0200. The number of rotatable bonds is 6. The quantitative estimate of drug-likeness (QED) is 0.527. The van der Waals surface area contributed by atoms with Crippen molar-refractivity contribution >= 4 is 57.5 Å². The molecule has 3 heterocycles. The summed E-state index contributed by atoms with van der Waals surface area (Å²) in [6.45, 7) is 5.93. The van der Waals surface area contributed by atoms with Crippen LogP contribution >= 0.6 is 34.4 Å². The molecule has 1 aliphatic rings. The van der Waals surface area contributed by atoms with Crippen molar-refractivity contribution in [1.29, 1.82) is 0 Å². The molecule has 1 aliphatic heterocycles. The highest BCUT2D eigenvalue weighted by Gasteiger charge is 2.25. The molecule has 0 spiro atoms. The number of carbonyl (C=O) groups excluding carboxylic acids is 3. The van der Waals surface area contributed by atoms with Crippen molar-refractivity contribution in [3.8, 4) is 0 Å². The number of aromatic nitrogens is 2. The van der Waals surface area contributed by atoms with Crippen molar-refractivity contribution in [2.75, 3.05) is 43.9 Å². The van der Waals surface area contributed by atoms with E-state index in [9.17, 15) is 14.4 Å². The molecule has 1 fully saturated rings. The first-order valence-electron chi connectivity index (χ1n) is 8.98. The zero-order valence-corrected chi connectivity index (χ0v) is 18.5. The van der Waals surface area contributed by atoms with Gasteiger partial charge in [-0.15, -0.1) is 21.5 Å². The lowest BCUT2D eigenvalue weighted by Crippen LogP contribution is -2.51. The Hall–Kier alpha value is -2.18. The van der Waals surface area contributed by atoms with E-state index in [2.05, 4.69) is 15.5 Å². The van der Waals surface area contributed by atoms with E-state index in [4.69, 9.17) is 4.74 Å². The van der Waals surface area contributed by atoms with Crippen molar-refractivity contribution in [1.82, 2.24) is 20.0 Å². The average molecular weight is 456 g/mol. The molecule has 0 saturated carbocycles. The maximum atomic E-state index is 12.4. The van der Waals surface area contributed by atoms with Gasteiger partial charge >= 0.3 is 6.09 Å². The number of hydrogen-bond acceptors (Lipinski definition) is 9. The maximum Gasteiger partial charge on any atom is 0.409 e. The number of thioether (sulfide) groups is 1. The summed E-state index contributed by atoms with van der Waals surface area (Å²) in [7, 11) is 0. The number of nitrogens with zero attached hydrogens (tertiary/aromatic N) is 4. The first kappa shape index (κ1) is 21.5. The molecular formula is C17H21N5O4S3. The SMILES string of the molecule is CCOC(=O)N1CCN(C(=O)CSc2nnc(NC(=O)c3cc(C)cs3)s2)CC1. The minimum atomic E-state index is -0.338. The maximum absolute atomic E-state index is 12.4. The molecule has 0 bridgehead atoms. The minimum Gasteiger partial charge on any atom is -0.450 e. The Morgan fingerprint density at radius 3 is 2.59 bits per heavy atom. The van der Waals surface area contributed by atoms with Crippen LogP contribution in [0.25, 0.3) is 0 Å². The number of thiophene rings is 1. The number of carbonyl (C=O) groups is 3. The lowest BCUT2D eigenvalue weighted by Gasteiger charge is -2.33. The second kappa shape index (κ2) is 10.0. The molecule has 2 aromatic heterocycles. The number of anilines is 1. The van der Waals surface area contributed by atoms with Crippen LogP contribution in [0.2, 0.25) is 0 Å². The number of piperazine rings is 1. The Morgan fingerprint density at radius 2 is 1.93 bits per heavy atom. The summed E-state index contributed by atoms with van der Waals surface area (Å²) in [6.07, 6.45) is -0.338. The third kappa shape index (κ3) is 5.90. The molecule has 3 rings (SSSR count). The first-order valence-corrected chi connectivity index (χ1v) is 11.7. The molecule has 2 aromatic rings. The smallest absolute Gasteiger partial charge is 0.409 e. The summed E-state index contributed by atoms with van der Waals surface area (Å²) >= 11 is 3.89. The predicted octanol–water partition coefficient (Wildman–Crippen LogP) is 2.55. The fraction of sp³-hybridized carbons (Fsp3) is 0.471. The second-order valence-electron chi connectivity index (χ2n) is 6.17. The van der Waals surface area contributed by atoms with Crippen LogP contribution < -0.4 is 5.32 Å². The zero-order valence-electron chi connectivity index (χ0n) is 16.0. The molecule has 12 heteroatoms. The molecule has 9 nitrogen and oxygen atoms in total. The van der Waals surface area contributed by atoms with Crippen molar-refractivity contribution in [3.05, 3.63) is 21.9 Å². The van der Waals surface area contributed by atoms with E-state index < -0.39 is 0 Å². The molecule has 0 atom stereocenters. The zero-order chi connectivity index (χ0) is 20.8. The van der Waals surface area contributed by atoms with Gasteiger partial charge in [-0.25, -0.2) is 4.79 Å². The molecule has 156 valence electrons. The van der Waals surface area contributed by atoms with Gasteiger partial charge < -0.3 is 14.5 Å². The van der Waals surface area contributed by atoms with E-state index in [1.807, 2.05) is 18.4 Å². The number of ether oxygens (including phenoxy) is 1. The topological polar surface area (TPSA) is 105 Å². The highest BCUT2D eigenvalue weighted by atomic mass is 32.2. The molecule has 0 unspecified atom stereocenters. The van der Waals surface area contributed by atoms with Crippen LogP contribution in [-0.2, 0) is 9.53 Å². The van der Waals surface area contributed by atoms with Crippen molar-refractivity contribution in [3.63, 3.8) is 0 Å². The third-order valence-electron chi connectivity index (χ3n) is 4.06. The first-order chi connectivity index (χ1) is 14.0. The lowest BCUT2D eigenvalue weighted by molar-refractivity contribution is -0.129. The monoisotopic (exact) mass is 455 g/mol. The number of aryl methyl sites for hydroxylation is 1. The molecule has 0 aromatic carbocycles. The van der Waals surface area contributed by atoms with Gasteiger partial charge in [0.15, 0.2) is 4.34 Å². The fourth-order valence-electron chi connectivity index (χ4n) is 2.60. The summed E-state index contributed by atoms with van der Waals surface area (Å²) in [4.78, 5) is 40.2. The van der Waals surface area contributed by atoms with Crippen LogP contribution in [0.15, 0.2) is 15.8 Å². The summed E-state index contributed by atoms with van der Waals surface area (Å²) in [5.41, 5.74) is 1.04. The van der Waals surface area contributed by atoms with Gasteiger partial charge in [-0.3, -0.25) is 14.9 Å². The average Bonchev–Trinajstić information content (AvgIpc) is 3.35. The Labute approximate surface area is 180 Å². The fourth-order valence-corrected chi connectivity index (χ4v) is 5.04. The lowest BCUT2D eigenvalue weighted by atomic mass is 10.3. The van der Waals surface area contributed by atoms with E-state index in [0.29, 0.717) is 47.1 Å². The predicted molar refractivity (Wildman–Crippen MR) is 113 cm³/mol. The van der Waals surface area contributed by atoms with Crippen LogP contribution in [0.4, 0.5) is 9.93 Å². The Kier molecular flexibility index (Phi) is 7.45. The van der Waals surface area contributed by atoms with Crippen LogP contribution in [-0.4, -0.2) is 76.4 Å². The van der Waals surface area contributed by atoms with Gasteiger partial charge in [-0.2, -0.15) is 0 Å². The van der Waals surface area contributed by atoms with E-state index >= 15 is 0 Å². The summed E-state index contributed by atoms with van der Waals surface area (Å²) in [6, 6.07) is 1.82. The number of amides is 3. The largest absolute Gasteiger partial charge is 0.450 e. The van der Waals surface area contributed by atoms with Gasteiger partial charge in [0.2, 0.25) is 11.0 Å². The summed E-state index contributed by atoms with van der Waals surface area (Å²) < 4.78 is 5.59. The van der Waals surface area contributed by atoms with Crippen molar-refractivity contribution in [2.24, 2.45) is 0 Å². The van der Waals surface area contributed by atoms with Gasteiger partial charge in [0.05, 0.1) is 17.2 Å². The molecular weight excluding hydrogens is 434 g/mol. The van der Waals surface area contributed by atoms with Crippen LogP contribution in [0, 0.1) is 6.92 Å². The van der Waals surface area contributed by atoms with Crippen molar-refractivity contribution < 1.29 is 19.1 Å². The Balaban J connectivity index is 1.43. The Bertz CT molecular complexity index is 876.